The Hall–Kier alpha value is -2.54. The van der Waals surface area contributed by atoms with E-state index in [-0.39, 0.29) is 11.3 Å². The number of rotatable bonds is 11. The third kappa shape index (κ3) is 6.18. The molecule has 0 radical (unpaired) electrons. The fourth-order valence-corrected chi connectivity index (χ4v) is 4.66. The van der Waals surface area contributed by atoms with Gasteiger partial charge in [-0.3, -0.25) is 9.59 Å². The van der Waals surface area contributed by atoms with Crippen LogP contribution in [0.1, 0.15) is 50.8 Å². The second-order valence-corrected chi connectivity index (χ2v) is 9.26. The van der Waals surface area contributed by atoms with Crippen molar-refractivity contribution in [2.24, 2.45) is 0 Å². The van der Waals surface area contributed by atoms with Gasteiger partial charge in [-0.2, -0.15) is 0 Å². The van der Waals surface area contributed by atoms with Crippen LogP contribution < -0.4 is 4.74 Å². The minimum absolute atomic E-state index is 0.0124. The fraction of sp³-hybridized carbons (Fsp3) is 0.407. The number of unbranched alkanes of at least 4 members (excludes halogenated alkanes) is 1. The summed E-state index contributed by atoms with van der Waals surface area (Å²) in [6.07, 6.45) is 1.97. The maximum Gasteiger partial charge on any atom is 0.295 e. The molecule has 0 saturated carbocycles. The molecule has 1 unspecified atom stereocenters. The number of benzene rings is 2. The van der Waals surface area contributed by atoms with Crippen molar-refractivity contribution in [3.8, 4) is 5.75 Å². The normalized spacial score (nSPS) is 17.4. The predicted octanol–water partition coefficient (Wildman–Crippen LogP) is 5.94. The maximum absolute atomic E-state index is 13.2. The monoisotopic (exact) mass is 518 g/mol. The van der Waals surface area contributed by atoms with Gasteiger partial charge in [-0.05, 0) is 61.5 Å². The molecule has 1 aliphatic rings. The van der Waals surface area contributed by atoms with Crippen LogP contribution >= 0.6 is 23.2 Å². The molecule has 1 fully saturated rings. The first-order valence-electron chi connectivity index (χ1n) is 12.0. The number of carbonyl (C=O) groups excluding carboxylic acids is 2. The summed E-state index contributed by atoms with van der Waals surface area (Å²) in [5.41, 5.74) is 0.971. The fourth-order valence-electron chi connectivity index (χ4n) is 4.15. The summed E-state index contributed by atoms with van der Waals surface area (Å²) in [4.78, 5) is 30.0. The van der Waals surface area contributed by atoms with Crippen LogP contribution in [0.25, 0.3) is 5.76 Å². The molecule has 0 aromatic heterocycles. The van der Waals surface area contributed by atoms with Gasteiger partial charge in [0.15, 0.2) is 0 Å². The Balaban J connectivity index is 2.03. The molecule has 1 N–H and O–H groups in total. The topological polar surface area (TPSA) is 70.1 Å². The smallest absolute Gasteiger partial charge is 0.295 e. The molecular weight excluding hydrogens is 487 g/mol. The predicted molar refractivity (Wildman–Crippen MR) is 140 cm³/mol. The van der Waals surface area contributed by atoms with Crippen LogP contribution in [0.15, 0.2) is 48.0 Å². The number of aliphatic hydroxyl groups excluding tert-OH is 1. The van der Waals surface area contributed by atoms with Crippen LogP contribution in [0.3, 0.4) is 0 Å². The number of amides is 1. The van der Waals surface area contributed by atoms with Gasteiger partial charge < -0.3 is 19.6 Å². The quantitative estimate of drug-likeness (QED) is 0.172. The molecule has 1 aliphatic heterocycles. The molecule has 1 saturated heterocycles. The Morgan fingerprint density at radius 2 is 1.74 bits per heavy atom. The number of ketones is 1. The van der Waals surface area contributed by atoms with Gasteiger partial charge >= 0.3 is 0 Å². The summed E-state index contributed by atoms with van der Waals surface area (Å²) in [7, 11) is 0. The first-order chi connectivity index (χ1) is 16.8. The van der Waals surface area contributed by atoms with Gasteiger partial charge in [0.1, 0.15) is 11.5 Å². The lowest BCUT2D eigenvalue weighted by Gasteiger charge is -2.28. The summed E-state index contributed by atoms with van der Waals surface area (Å²) in [5.74, 6) is -0.965. The van der Waals surface area contributed by atoms with E-state index in [9.17, 15) is 14.7 Å². The summed E-state index contributed by atoms with van der Waals surface area (Å²) in [6.45, 7) is 9.32. The second kappa shape index (κ2) is 12.4. The Morgan fingerprint density at radius 3 is 2.34 bits per heavy atom. The highest BCUT2D eigenvalue weighted by Crippen LogP contribution is 2.42. The van der Waals surface area contributed by atoms with E-state index >= 15 is 0 Å². The number of hydrogen-bond acceptors (Lipinski definition) is 5. The zero-order valence-corrected chi connectivity index (χ0v) is 21.9. The van der Waals surface area contributed by atoms with Gasteiger partial charge in [-0.15, -0.1) is 0 Å². The van der Waals surface area contributed by atoms with Crippen LogP contribution in [0.2, 0.25) is 10.0 Å². The van der Waals surface area contributed by atoms with Crippen LogP contribution in [-0.2, 0) is 9.59 Å². The van der Waals surface area contributed by atoms with E-state index in [1.807, 2.05) is 13.8 Å². The number of carbonyl (C=O) groups is 2. The molecule has 1 atom stereocenters. The third-order valence-electron chi connectivity index (χ3n) is 6.24. The molecule has 0 spiro atoms. The standard InChI is InChI=1S/C27H32Cl2N2O4/c1-4-7-16-35-20-11-8-18(9-12-20)25(32)23-24(21-13-10-19(28)17-22(21)29)31(27(34)26(23)33)15-14-30(5-2)6-3/h8-13,17,24,32H,4-7,14-16H2,1-3H3/b25-23+. The molecule has 2 aromatic carbocycles. The van der Waals surface area contributed by atoms with E-state index in [1.54, 1.807) is 42.5 Å². The average molecular weight is 519 g/mol. The Kier molecular flexibility index (Phi) is 9.61. The molecule has 3 rings (SSSR count). The molecule has 1 amide bonds. The van der Waals surface area contributed by atoms with Crippen molar-refractivity contribution in [3.05, 3.63) is 69.2 Å². The van der Waals surface area contributed by atoms with E-state index in [0.717, 1.165) is 25.9 Å². The molecule has 8 heteroatoms. The second-order valence-electron chi connectivity index (χ2n) is 8.41. The molecule has 0 bridgehead atoms. The summed E-state index contributed by atoms with van der Waals surface area (Å²) >= 11 is 12.6. The number of aliphatic hydroxyl groups is 1. The van der Waals surface area contributed by atoms with Gasteiger partial charge in [-0.1, -0.05) is 56.5 Å². The Morgan fingerprint density at radius 1 is 1.06 bits per heavy atom. The van der Waals surface area contributed by atoms with Crippen molar-refractivity contribution in [2.75, 3.05) is 32.8 Å². The molecular formula is C27H32Cl2N2O4. The van der Waals surface area contributed by atoms with Crippen LogP contribution in [0.5, 0.6) is 5.75 Å². The largest absolute Gasteiger partial charge is 0.507 e. The molecule has 2 aromatic rings. The zero-order chi connectivity index (χ0) is 25.5. The minimum atomic E-state index is -0.823. The highest BCUT2D eigenvalue weighted by atomic mass is 35.5. The number of Topliss-reactive ketones (excluding diaryl/α,β-unsaturated/α-hetero) is 1. The van der Waals surface area contributed by atoms with Gasteiger partial charge in [0.2, 0.25) is 0 Å². The minimum Gasteiger partial charge on any atom is -0.507 e. The van der Waals surface area contributed by atoms with E-state index in [4.69, 9.17) is 27.9 Å². The third-order valence-corrected chi connectivity index (χ3v) is 6.81. The van der Waals surface area contributed by atoms with E-state index < -0.39 is 17.7 Å². The van der Waals surface area contributed by atoms with Crippen molar-refractivity contribution in [1.82, 2.24) is 9.80 Å². The molecule has 1 heterocycles. The van der Waals surface area contributed by atoms with Crippen LogP contribution in [-0.4, -0.2) is 59.4 Å². The van der Waals surface area contributed by atoms with Crippen molar-refractivity contribution in [2.45, 2.75) is 39.7 Å². The molecule has 0 aliphatic carbocycles. The summed E-state index contributed by atoms with van der Waals surface area (Å²) < 4.78 is 5.69. The molecule has 6 nitrogen and oxygen atoms in total. The zero-order valence-electron chi connectivity index (χ0n) is 20.4. The van der Waals surface area contributed by atoms with E-state index in [2.05, 4.69) is 11.8 Å². The average Bonchev–Trinajstić information content (AvgIpc) is 3.09. The molecule has 188 valence electrons. The Bertz CT molecular complexity index is 1080. The van der Waals surface area contributed by atoms with Crippen molar-refractivity contribution < 1.29 is 19.4 Å². The number of likely N-dealkylation sites (tertiary alicyclic amines) is 1. The van der Waals surface area contributed by atoms with Crippen LogP contribution in [0, 0.1) is 0 Å². The van der Waals surface area contributed by atoms with E-state index in [1.165, 1.54) is 4.90 Å². The summed E-state index contributed by atoms with van der Waals surface area (Å²) in [5, 5.41) is 12.0. The van der Waals surface area contributed by atoms with Gasteiger partial charge in [-0.25, -0.2) is 0 Å². The number of hydrogen-bond donors (Lipinski definition) is 1. The lowest BCUT2D eigenvalue weighted by atomic mass is 9.95. The highest BCUT2D eigenvalue weighted by molar-refractivity contribution is 6.47. The SMILES string of the molecule is CCCCOc1ccc(/C(O)=C2\C(=O)C(=O)N(CCN(CC)CC)C2c2ccc(Cl)cc2Cl)cc1. The number of ether oxygens (including phenoxy) is 1. The lowest BCUT2D eigenvalue weighted by Crippen LogP contribution is -2.38. The number of nitrogens with zero attached hydrogens (tertiary/aromatic N) is 2. The van der Waals surface area contributed by atoms with Crippen LogP contribution in [0.4, 0.5) is 0 Å². The first-order valence-corrected chi connectivity index (χ1v) is 12.8. The number of likely N-dealkylation sites (N-methyl/N-ethyl adjacent to an activating group) is 1. The highest BCUT2D eigenvalue weighted by Gasteiger charge is 2.46. The summed E-state index contributed by atoms with van der Waals surface area (Å²) in [6, 6.07) is 11.0. The number of halogens is 2. The molecule has 35 heavy (non-hydrogen) atoms. The first kappa shape index (κ1) is 27.1. The van der Waals surface area contributed by atoms with E-state index in [0.29, 0.717) is 46.6 Å². The Labute approximate surface area is 217 Å². The lowest BCUT2D eigenvalue weighted by molar-refractivity contribution is -0.140. The van der Waals surface area contributed by atoms with Crippen molar-refractivity contribution in [1.29, 1.82) is 0 Å². The van der Waals surface area contributed by atoms with Gasteiger partial charge in [0, 0.05) is 28.7 Å². The maximum atomic E-state index is 13.2. The van der Waals surface area contributed by atoms with Gasteiger partial charge in [0.25, 0.3) is 11.7 Å². The van der Waals surface area contributed by atoms with Gasteiger partial charge in [0.05, 0.1) is 18.2 Å². The van der Waals surface area contributed by atoms with Crippen molar-refractivity contribution >= 4 is 40.7 Å². The van der Waals surface area contributed by atoms with Crippen molar-refractivity contribution in [3.63, 3.8) is 0 Å².